The van der Waals surface area contributed by atoms with E-state index in [0.29, 0.717) is 35.0 Å². The van der Waals surface area contributed by atoms with Crippen molar-refractivity contribution in [3.05, 3.63) is 82.5 Å². The van der Waals surface area contributed by atoms with Gasteiger partial charge in [0.2, 0.25) is 11.7 Å². The number of fused-ring (bicyclic) bond motifs is 5. The zero-order valence-corrected chi connectivity index (χ0v) is 18.0. The normalized spacial score (nSPS) is 15.6. The second kappa shape index (κ2) is 6.74. The molecule has 5 aromatic rings. The maximum absolute atomic E-state index is 13.4. The molecule has 2 N–H and O–H groups in total. The first-order valence-corrected chi connectivity index (χ1v) is 11.1. The molecular weight excluding hydrogens is 430 g/mol. The first kappa shape index (κ1) is 19.0. The lowest BCUT2D eigenvalue weighted by Gasteiger charge is -2.20. The second-order valence-corrected chi connectivity index (χ2v) is 8.81. The number of phenolic OH excluding ortho intramolecular Hbond substituents is 1. The Balaban J connectivity index is 1.32. The minimum atomic E-state index is -0.285. The number of rotatable bonds is 3. The molecule has 1 aliphatic heterocycles. The summed E-state index contributed by atoms with van der Waals surface area (Å²) >= 11 is 0. The molecule has 0 radical (unpaired) electrons. The fourth-order valence-electron chi connectivity index (χ4n) is 4.78. The van der Waals surface area contributed by atoms with Crippen LogP contribution in [0.25, 0.3) is 22.5 Å². The summed E-state index contributed by atoms with van der Waals surface area (Å²) in [6.07, 6.45) is 9.34. The summed E-state index contributed by atoms with van der Waals surface area (Å²) in [4.78, 5) is 31.4. The van der Waals surface area contributed by atoms with Crippen molar-refractivity contribution in [2.24, 2.45) is 4.99 Å². The van der Waals surface area contributed by atoms with E-state index in [1.165, 1.54) is 34.0 Å². The Morgan fingerprint density at radius 3 is 2.74 bits per heavy atom. The number of anilines is 2. The minimum Gasteiger partial charge on any atom is -0.508 e. The number of aromatic nitrogens is 5. The van der Waals surface area contributed by atoms with Crippen molar-refractivity contribution >= 4 is 34.7 Å². The van der Waals surface area contributed by atoms with Gasteiger partial charge < -0.3 is 10.4 Å². The van der Waals surface area contributed by atoms with Crippen LogP contribution in [0.15, 0.2) is 70.8 Å². The summed E-state index contributed by atoms with van der Waals surface area (Å²) in [5, 5.41) is 13.3. The van der Waals surface area contributed by atoms with Gasteiger partial charge in [0.05, 0.1) is 12.2 Å². The molecule has 1 aliphatic carbocycles. The standard InChI is InChI=1S/C25H19N7O2/c33-18-4-2-17(3-5-18)32-22(34)19-13-28-23(30-21(19)31-10-9-27-24(31)32)29-16-1-6-20-15(11-16)12-26-14-25(20)7-8-25/h1-6,9-11,13-14,33H,7-8,12H2,(H,28,29,30). The van der Waals surface area contributed by atoms with Crippen LogP contribution < -0.4 is 10.9 Å². The Labute approximate surface area is 193 Å². The van der Waals surface area contributed by atoms with E-state index in [1.807, 2.05) is 6.07 Å². The van der Waals surface area contributed by atoms with E-state index in [9.17, 15) is 9.90 Å². The van der Waals surface area contributed by atoms with Gasteiger partial charge in [0, 0.05) is 35.9 Å². The Morgan fingerprint density at radius 2 is 1.91 bits per heavy atom. The van der Waals surface area contributed by atoms with Gasteiger partial charge >= 0.3 is 0 Å². The third-order valence-electron chi connectivity index (χ3n) is 6.65. The van der Waals surface area contributed by atoms with E-state index in [4.69, 9.17) is 0 Å². The molecule has 7 rings (SSSR count). The Hall–Kier alpha value is -4.53. The number of hydrogen-bond acceptors (Lipinski definition) is 7. The molecule has 0 atom stereocenters. The lowest BCUT2D eigenvalue weighted by molar-refractivity contribution is 0.475. The highest BCUT2D eigenvalue weighted by Crippen LogP contribution is 2.50. The van der Waals surface area contributed by atoms with E-state index in [-0.39, 0.29) is 16.7 Å². The largest absolute Gasteiger partial charge is 0.508 e. The highest BCUT2D eigenvalue weighted by atomic mass is 16.3. The van der Waals surface area contributed by atoms with Gasteiger partial charge in [0.1, 0.15) is 11.1 Å². The van der Waals surface area contributed by atoms with Crippen LogP contribution in [-0.2, 0) is 12.0 Å². The molecule has 4 heterocycles. The van der Waals surface area contributed by atoms with Crippen LogP contribution in [0.2, 0.25) is 0 Å². The van der Waals surface area contributed by atoms with Crippen LogP contribution >= 0.6 is 0 Å². The smallest absolute Gasteiger partial charge is 0.270 e. The highest BCUT2D eigenvalue weighted by Gasteiger charge is 2.45. The third-order valence-corrected chi connectivity index (χ3v) is 6.65. The zero-order chi connectivity index (χ0) is 22.9. The lowest BCUT2D eigenvalue weighted by Crippen LogP contribution is -2.22. The monoisotopic (exact) mass is 449 g/mol. The summed E-state index contributed by atoms with van der Waals surface area (Å²) in [6, 6.07) is 12.7. The molecule has 0 unspecified atom stereocenters. The number of nitrogens with one attached hydrogen (secondary N) is 1. The Bertz CT molecular complexity index is 1700. The number of imidazole rings is 1. The van der Waals surface area contributed by atoms with Gasteiger partial charge in [-0.1, -0.05) is 6.07 Å². The minimum absolute atomic E-state index is 0.122. The summed E-state index contributed by atoms with van der Waals surface area (Å²) in [5.74, 6) is 0.941. The summed E-state index contributed by atoms with van der Waals surface area (Å²) < 4.78 is 3.24. The average Bonchev–Trinajstić information content (AvgIpc) is 3.44. The fraction of sp³-hybridized carbons (Fsp3) is 0.160. The predicted octanol–water partition coefficient (Wildman–Crippen LogP) is 3.49. The lowest BCUT2D eigenvalue weighted by atomic mass is 9.90. The molecule has 2 aliphatic rings. The SMILES string of the molecule is O=c1c2cnc(Nc3ccc4c(c3)CN=CC43CC3)nc2n2ccnc2n1-c1ccc(O)cc1. The first-order valence-electron chi connectivity index (χ1n) is 11.1. The van der Waals surface area contributed by atoms with Gasteiger partial charge in [0.15, 0.2) is 5.65 Å². The van der Waals surface area contributed by atoms with Crippen LogP contribution in [0, 0.1) is 0 Å². The van der Waals surface area contributed by atoms with Gasteiger partial charge in [-0.25, -0.2) is 14.5 Å². The summed E-state index contributed by atoms with van der Waals surface area (Å²) in [5.41, 5.74) is 4.38. The van der Waals surface area contributed by atoms with Crippen LogP contribution in [0.1, 0.15) is 24.0 Å². The van der Waals surface area contributed by atoms with Gasteiger partial charge in [-0.15, -0.1) is 0 Å². The molecular formula is C25H19N7O2. The van der Waals surface area contributed by atoms with E-state index < -0.39 is 0 Å². The van der Waals surface area contributed by atoms with Gasteiger partial charge in [-0.3, -0.25) is 14.2 Å². The number of nitrogens with zero attached hydrogens (tertiary/aromatic N) is 6. The van der Waals surface area contributed by atoms with Crippen LogP contribution in [0.3, 0.4) is 0 Å². The van der Waals surface area contributed by atoms with Crippen molar-refractivity contribution in [2.75, 3.05) is 5.32 Å². The van der Waals surface area contributed by atoms with E-state index >= 15 is 0 Å². The van der Waals surface area contributed by atoms with Crippen molar-refractivity contribution in [3.8, 4) is 11.4 Å². The maximum atomic E-state index is 13.4. The molecule has 0 amide bonds. The quantitative estimate of drug-likeness (QED) is 0.436. The molecule has 34 heavy (non-hydrogen) atoms. The van der Waals surface area contributed by atoms with Crippen molar-refractivity contribution in [1.82, 2.24) is 23.9 Å². The van der Waals surface area contributed by atoms with Crippen LogP contribution in [0.4, 0.5) is 11.6 Å². The second-order valence-electron chi connectivity index (χ2n) is 8.81. The number of aliphatic imine (C=N–C) groups is 1. The molecule has 3 aromatic heterocycles. The number of benzene rings is 2. The van der Waals surface area contributed by atoms with E-state index in [1.54, 1.807) is 28.9 Å². The number of phenols is 1. The van der Waals surface area contributed by atoms with Crippen molar-refractivity contribution < 1.29 is 5.11 Å². The summed E-state index contributed by atoms with van der Waals surface area (Å²) in [7, 11) is 0. The van der Waals surface area contributed by atoms with Crippen molar-refractivity contribution in [3.63, 3.8) is 0 Å². The molecule has 166 valence electrons. The number of aromatic hydroxyl groups is 1. The van der Waals surface area contributed by atoms with Crippen molar-refractivity contribution in [1.29, 1.82) is 0 Å². The van der Waals surface area contributed by atoms with E-state index in [2.05, 4.69) is 43.6 Å². The van der Waals surface area contributed by atoms with E-state index in [0.717, 1.165) is 18.5 Å². The predicted molar refractivity (Wildman–Crippen MR) is 128 cm³/mol. The van der Waals surface area contributed by atoms with Crippen LogP contribution in [-0.4, -0.2) is 35.2 Å². The first-order chi connectivity index (χ1) is 16.6. The molecule has 1 spiro atoms. The topological polar surface area (TPSA) is 110 Å². The molecule has 9 heteroatoms. The van der Waals surface area contributed by atoms with Crippen molar-refractivity contribution in [2.45, 2.75) is 24.8 Å². The van der Waals surface area contributed by atoms with Gasteiger partial charge in [-0.2, -0.15) is 4.98 Å². The maximum Gasteiger partial charge on any atom is 0.270 e. The number of hydrogen-bond donors (Lipinski definition) is 2. The Kier molecular flexibility index (Phi) is 3.76. The highest BCUT2D eigenvalue weighted by molar-refractivity contribution is 5.81. The Morgan fingerprint density at radius 1 is 1.06 bits per heavy atom. The van der Waals surface area contributed by atoms with Crippen LogP contribution in [0.5, 0.6) is 5.75 Å². The molecule has 9 nitrogen and oxygen atoms in total. The fourth-order valence-corrected chi connectivity index (χ4v) is 4.78. The molecule has 2 aromatic carbocycles. The van der Waals surface area contributed by atoms with Gasteiger partial charge in [0.25, 0.3) is 5.56 Å². The molecule has 1 saturated carbocycles. The third kappa shape index (κ3) is 2.76. The van der Waals surface area contributed by atoms with Gasteiger partial charge in [-0.05, 0) is 60.4 Å². The summed E-state index contributed by atoms with van der Waals surface area (Å²) in [6.45, 7) is 0.678. The molecule has 0 bridgehead atoms. The molecule has 0 saturated heterocycles. The zero-order valence-electron chi connectivity index (χ0n) is 18.0. The average molecular weight is 449 g/mol. The molecule has 1 fully saturated rings.